The molecule has 1 aliphatic heterocycles. The molecule has 68 valence electrons. The molecule has 0 saturated heterocycles. The van der Waals surface area contributed by atoms with Gasteiger partial charge in [-0.25, -0.2) is 0 Å². The molecule has 2 rings (SSSR count). The van der Waals surface area contributed by atoms with E-state index in [0.29, 0.717) is 16.3 Å². The molecule has 1 aromatic rings. The summed E-state index contributed by atoms with van der Waals surface area (Å²) in [6, 6.07) is 5.02. The molecule has 0 spiro atoms. The fraction of sp³-hybridized carbons (Fsp3) is 0.222. The molecule has 0 fully saturated rings. The summed E-state index contributed by atoms with van der Waals surface area (Å²) >= 11 is 5.74. The monoisotopic (exact) mass is 198 g/mol. The summed E-state index contributed by atoms with van der Waals surface area (Å²) in [5.41, 5.74) is 0.667. The van der Waals surface area contributed by atoms with Gasteiger partial charge in [-0.1, -0.05) is 11.6 Å². The molecule has 0 amide bonds. The number of benzene rings is 1. The van der Waals surface area contributed by atoms with E-state index in [-0.39, 0.29) is 6.61 Å². The average molecular weight is 199 g/mol. The molecular formula is C9H7ClO3. The van der Waals surface area contributed by atoms with Gasteiger partial charge >= 0.3 is 5.97 Å². The Balaban J connectivity index is 2.46. The molecule has 1 heterocycles. The van der Waals surface area contributed by atoms with Gasteiger partial charge < -0.3 is 9.84 Å². The van der Waals surface area contributed by atoms with E-state index < -0.39 is 11.9 Å². The van der Waals surface area contributed by atoms with E-state index in [2.05, 4.69) is 0 Å². The predicted molar refractivity (Wildman–Crippen MR) is 47.3 cm³/mol. The minimum absolute atomic E-state index is 0.199. The molecule has 1 N–H and O–H groups in total. The first-order chi connectivity index (χ1) is 6.18. The van der Waals surface area contributed by atoms with Crippen LogP contribution in [0.5, 0.6) is 5.75 Å². The summed E-state index contributed by atoms with van der Waals surface area (Å²) in [4.78, 5) is 10.8. The molecule has 0 bridgehead atoms. The fourth-order valence-electron chi connectivity index (χ4n) is 1.39. The molecule has 0 radical (unpaired) electrons. The predicted octanol–water partition coefficient (Wildman–Crippen LogP) is 1.90. The quantitative estimate of drug-likeness (QED) is 0.750. The highest BCUT2D eigenvalue weighted by molar-refractivity contribution is 6.30. The van der Waals surface area contributed by atoms with Crippen LogP contribution in [0.1, 0.15) is 11.5 Å². The number of rotatable bonds is 1. The van der Waals surface area contributed by atoms with Gasteiger partial charge in [0.15, 0.2) is 0 Å². The standard InChI is InChI=1S/C9H7ClO3/c10-5-1-2-8-6(3-5)7(4-13-8)9(11)12/h1-3,7H,4H2,(H,11,12). The van der Waals surface area contributed by atoms with E-state index in [1.807, 2.05) is 0 Å². The number of halogens is 1. The Morgan fingerprint density at radius 3 is 3.08 bits per heavy atom. The zero-order valence-electron chi connectivity index (χ0n) is 6.66. The Kier molecular flexibility index (Phi) is 1.88. The van der Waals surface area contributed by atoms with Crippen molar-refractivity contribution in [1.29, 1.82) is 0 Å². The van der Waals surface area contributed by atoms with E-state index in [4.69, 9.17) is 21.4 Å². The first-order valence-electron chi connectivity index (χ1n) is 3.83. The smallest absolute Gasteiger partial charge is 0.314 e. The minimum Gasteiger partial charge on any atom is -0.492 e. The van der Waals surface area contributed by atoms with Crippen molar-refractivity contribution in [2.24, 2.45) is 0 Å². The van der Waals surface area contributed by atoms with E-state index in [0.717, 1.165) is 0 Å². The largest absolute Gasteiger partial charge is 0.492 e. The normalized spacial score (nSPS) is 19.3. The van der Waals surface area contributed by atoms with Gasteiger partial charge in [-0.15, -0.1) is 0 Å². The maximum absolute atomic E-state index is 10.8. The van der Waals surface area contributed by atoms with Crippen molar-refractivity contribution in [3.05, 3.63) is 28.8 Å². The second-order valence-electron chi connectivity index (χ2n) is 2.88. The van der Waals surface area contributed by atoms with Crippen molar-refractivity contribution >= 4 is 17.6 Å². The van der Waals surface area contributed by atoms with Gasteiger partial charge in [0.25, 0.3) is 0 Å². The van der Waals surface area contributed by atoms with Crippen molar-refractivity contribution < 1.29 is 14.6 Å². The van der Waals surface area contributed by atoms with Gasteiger partial charge in [0.1, 0.15) is 18.3 Å². The summed E-state index contributed by atoms with van der Waals surface area (Å²) < 4.78 is 5.19. The van der Waals surface area contributed by atoms with Gasteiger partial charge in [-0.05, 0) is 18.2 Å². The molecule has 4 heteroatoms. The summed E-state index contributed by atoms with van der Waals surface area (Å²) in [6.07, 6.45) is 0. The lowest BCUT2D eigenvalue weighted by atomic mass is 10.0. The summed E-state index contributed by atoms with van der Waals surface area (Å²) in [5.74, 6) is -0.827. The van der Waals surface area contributed by atoms with Crippen molar-refractivity contribution in [2.45, 2.75) is 5.92 Å². The molecule has 1 atom stereocenters. The van der Waals surface area contributed by atoms with Gasteiger partial charge in [0.2, 0.25) is 0 Å². The van der Waals surface area contributed by atoms with Crippen LogP contribution in [0.25, 0.3) is 0 Å². The molecule has 0 aromatic heterocycles. The Morgan fingerprint density at radius 2 is 2.38 bits per heavy atom. The molecule has 0 aliphatic carbocycles. The van der Waals surface area contributed by atoms with Crippen LogP contribution < -0.4 is 4.74 Å². The SMILES string of the molecule is O=C(O)C1COc2ccc(Cl)cc21. The number of aliphatic carboxylic acids is 1. The lowest BCUT2D eigenvalue weighted by Crippen LogP contribution is -2.12. The highest BCUT2D eigenvalue weighted by atomic mass is 35.5. The third kappa shape index (κ3) is 1.35. The Bertz CT molecular complexity index is 362. The number of carboxylic acids is 1. The van der Waals surface area contributed by atoms with E-state index in [1.165, 1.54) is 0 Å². The first kappa shape index (κ1) is 8.38. The highest BCUT2D eigenvalue weighted by Gasteiger charge is 2.30. The lowest BCUT2D eigenvalue weighted by Gasteiger charge is -2.01. The maximum atomic E-state index is 10.8. The third-order valence-electron chi connectivity index (χ3n) is 2.05. The number of fused-ring (bicyclic) bond motifs is 1. The maximum Gasteiger partial charge on any atom is 0.314 e. The van der Waals surface area contributed by atoms with Crippen LogP contribution in [0.2, 0.25) is 5.02 Å². The average Bonchev–Trinajstić information content (AvgIpc) is 2.46. The van der Waals surface area contributed by atoms with Crippen LogP contribution in [0.3, 0.4) is 0 Å². The summed E-state index contributed by atoms with van der Waals surface area (Å²) in [6.45, 7) is 0.199. The topological polar surface area (TPSA) is 46.5 Å². The highest BCUT2D eigenvalue weighted by Crippen LogP contribution is 2.35. The second-order valence-corrected chi connectivity index (χ2v) is 3.32. The number of carbonyl (C=O) groups is 1. The minimum atomic E-state index is -0.874. The van der Waals surface area contributed by atoms with Gasteiger partial charge in [0, 0.05) is 10.6 Å². The number of hydrogen-bond acceptors (Lipinski definition) is 2. The number of ether oxygens (including phenoxy) is 1. The molecule has 1 aliphatic rings. The first-order valence-corrected chi connectivity index (χ1v) is 4.21. The van der Waals surface area contributed by atoms with E-state index in [9.17, 15) is 4.79 Å². The van der Waals surface area contributed by atoms with Crippen molar-refractivity contribution in [1.82, 2.24) is 0 Å². The molecule has 0 saturated carbocycles. The Hall–Kier alpha value is -1.22. The molecule has 13 heavy (non-hydrogen) atoms. The number of hydrogen-bond donors (Lipinski definition) is 1. The van der Waals surface area contributed by atoms with E-state index in [1.54, 1.807) is 18.2 Å². The van der Waals surface area contributed by atoms with E-state index >= 15 is 0 Å². The van der Waals surface area contributed by atoms with Crippen molar-refractivity contribution in [2.75, 3.05) is 6.61 Å². The summed E-state index contributed by atoms with van der Waals surface area (Å²) in [7, 11) is 0. The van der Waals surface area contributed by atoms with Crippen LogP contribution in [0.15, 0.2) is 18.2 Å². The lowest BCUT2D eigenvalue weighted by molar-refractivity contribution is -0.138. The fourth-order valence-corrected chi connectivity index (χ4v) is 1.57. The van der Waals surface area contributed by atoms with Crippen molar-refractivity contribution in [3.8, 4) is 5.75 Å². The van der Waals surface area contributed by atoms with Crippen LogP contribution in [0, 0.1) is 0 Å². The molecule has 1 aromatic carbocycles. The second kappa shape index (κ2) is 2.92. The van der Waals surface area contributed by atoms with Gasteiger partial charge in [-0.3, -0.25) is 4.79 Å². The van der Waals surface area contributed by atoms with Crippen LogP contribution in [0.4, 0.5) is 0 Å². The Labute approximate surface area is 79.9 Å². The van der Waals surface area contributed by atoms with Crippen LogP contribution >= 0.6 is 11.6 Å². The molecular weight excluding hydrogens is 192 g/mol. The van der Waals surface area contributed by atoms with Gasteiger partial charge in [0.05, 0.1) is 0 Å². The number of carboxylic acid groups (broad SMARTS) is 1. The molecule has 1 unspecified atom stereocenters. The molecule has 3 nitrogen and oxygen atoms in total. The summed E-state index contributed by atoms with van der Waals surface area (Å²) in [5, 5.41) is 9.37. The Morgan fingerprint density at radius 1 is 1.62 bits per heavy atom. The van der Waals surface area contributed by atoms with Gasteiger partial charge in [-0.2, -0.15) is 0 Å². The third-order valence-corrected chi connectivity index (χ3v) is 2.29. The zero-order valence-corrected chi connectivity index (χ0v) is 7.41. The van der Waals surface area contributed by atoms with Crippen molar-refractivity contribution in [3.63, 3.8) is 0 Å². The van der Waals surface area contributed by atoms with Crippen LogP contribution in [-0.4, -0.2) is 17.7 Å². The zero-order chi connectivity index (χ0) is 9.42. The van der Waals surface area contributed by atoms with Crippen LogP contribution in [-0.2, 0) is 4.79 Å².